The third-order valence-electron chi connectivity index (χ3n) is 4.61. The van der Waals surface area contributed by atoms with Gasteiger partial charge >= 0.3 is 0 Å². The Balaban J connectivity index is 1.97. The zero-order chi connectivity index (χ0) is 24.9. The summed E-state index contributed by atoms with van der Waals surface area (Å²) in [7, 11) is -7.89. The van der Waals surface area contributed by atoms with Gasteiger partial charge in [0.05, 0.1) is 20.9 Å². The molecule has 34 heavy (non-hydrogen) atoms. The average Bonchev–Trinajstić information content (AvgIpc) is 3.07. The first-order valence-electron chi connectivity index (χ1n) is 9.98. The summed E-state index contributed by atoms with van der Waals surface area (Å²) in [4.78, 5) is 2.79. The van der Waals surface area contributed by atoms with Crippen LogP contribution in [0.15, 0.2) is 67.8 Å². The molecule has 8 nitrogen and oxygen atoms in total. The fourth-order valence-corrected chi connectivity index (χ4v) is 6.68. The first-order chi connectivity index (χ1) is 16.0. The molecule has 1 heterocycles. The van der Waals surface area contributed by atoms with E-state index in [-0.39, 0.29) is 19.7 Å². The Kier molecular flexibility index (Phi) is 8.58. The largest absolute Gasteiger partial charge is 0.306 e. The van der Waals surface area contributed by atoms with E-state index in [0.29, 0.717) is 29.3 Å². The molecule has 0 aliphatic heterocycles. The van der Waals surface area contributed by atoms with Crippen LogP contribution in [-0.4, -0.2) is 33.5 Å². The second-order valence-electron chi connectivity index (χ2n) is 7.24. The summed E-state index contributed by atoms with van der Waals surface area (Å²) in [5.74, 6) is 0.336. The fourth-order valence-electron chi connectivity index (χ4n) is 2.92. The fraction of sp³-hybridized carbons (Fsp3) is 0.238. The molecule has 0 saturated carbocycles. The maximum absolute atomic E-state index is 12.7. The van der Waals surface area contributed by atoms with Gasteiger partial charge in [-0.15, -0.1) is 16.0 Å². The van der Waals surface area contributed by atoms with E-state index in [4.69, 9.17) is 23.2 Å². The molecule has 1 aromatic heterocycles. The topological polar surface area (TPSA) is 110 Å². The third kappa shape index (κ3) is 6.28. The maximum Gasteiger partial charge on any atom is 0.285 e. The lowest BCUT2D eigenvalue weighted by Crippen LogP contribution is -2.19. The number of alkyl halides is 1. The van der Waals surface area contributed by atoms with Crippen molar-refractivity contribution in [3.63, 3.8) is 0 Å². The van der Waals surface area contributed by atoms with Crippen molar-refractivity contribution in [2.24, 2.45) is 9.50 Å². The van der Waals surface area contributed by atoms with Crippen LogP contribution in [0.2, 0.25) is 5.15 Å². The molecular formula is C21H22Cl2N4O4S3. The van der Waals surface area contributed by atoms with Gasteiger partial charge in [-0.1, -0.05) is 53.3 Å². The molecule has 1 N–H and O–H groups in total. The molecule has 0 amide bonds. The van der Waals surface area contributed by atoms with Crippen LogP contribution in [0.4, 0.5) is 0 Å². The number of rotatable bonds is 9. The molecule has 182 valence electrons. The van der Waals surface area contributed by atoms with Crippen LogP contribution in [-0.2, 0) is 26.6 Å². The Morgan fingerprint density at radius 1 is 1.09 bits per heavy atom. The molecule has 0 spiro atoms. The van der Waals surface area contributed by atoms with E-state index >= 15 is 0 Å². The molecule has 0 saturated heterocycles. The highest BCUT2D eigenvalue weighted by molar-refractivity contribution is 7.90. The molecule has 0 aliphatic carbocycles. The van der Waals surface area contributed by atoms with Crippen molar-refractivity contribution in [2.75, 3.05) is 5.88 Å². The lowest BCUT2D eigenvalue weighted by atomic mass is 10.2. The monoisotopic (exact) mass is 560 g/mol. The van der Waals surface area contributed by atoms with Crippen molar-refractivity contribution in [1.29, 1.82) is 0 Å². The molecule has 0 fully saturated rings. The van der Waals surface area contributed by atoms with E-state index in [2.05, 4.69) is 14.3 Å². The predicted octanol–water partition coefficient (Wildman–Crippen LogP) is 4.05. The van der Waals surface area contributed by atoms with E-state index in [1.54, 1.807) is 44.2 Å². The minimum atomic E-state index is -3.99. The second-order valence-corrected chi connectivity index (χ2v) is 12.2. The lowest BCUT2D eigenvalue weighted by Gasteiger charge is -2.07. The van der Waals surface area contributed by atoms with Gasteiger partial charge in [0.25, 0.3) is 20.0 Å². The molecule has 0 bridgehead atoms. The lowest BCUT2D eigenvalue weighted by molar-refractivity contribution is 0.583. The van der Waals surface area contributed by atoms with Crippen LogP contribution in [0.1, 0.15) is 22.4 Å². The van der Waals surface area contributed by atoms with Crippen molar-refractivity contribution < 1.29 is 16.8 Å². The van der Waals surface area contributed by atoms with E-state index in [1.165, 1.54) is 22.9 Å². The molecule has 2 aromatic carbocycles. The third-order valence-corrected chi connectivity index (χ3v) is 9.18. The van der Waals surface area contributed by atoms with Crippen molar-refractivity contribution in [3.8, 4) is 0 Å². The van der Waals surface area contributed by atoms with Gasteiger partial charge in [-0.05, 0) is 49.6 Å². The van der Waals surface area contributed by atoms with Crippen molar-refractivity contribution >= 4 is 60.8 Å². The average molecular weight is 562 g/mol. The van der Waals surface area contributed by atoms with Crippen molar-refractivity contribution in [1.82, 2.24) is 9.40 Å². The molecule has 0 aliphatic rings. The zero-order valence-electron chi connectivity index (χ0n) is 18.3. The maximum atomic E-state index is 12.7. The number of thiazole rings is 1. The molecule has 0 radical (unpaired) electrons. The number of sulfonamides is 2. The molecule has 0 atom stereocenters. The summed E-state index contributed by atoms with van der Waals surface area (Å²) in [6.07, 6.45) is 1.74. The summed E-state index contributed by atoms with van der Waals surface area (Å²) in [6, 6.07) is 12.9. The van der Waals surface area contributed by atoms with Gasteiger partial charge in [-0.25, -0.2) is 4.83 Å². The number of aryl methyl sites for hydroxylation is 2. The first-order valence-corrected chi connectivity index (χ1v) is 14.6. The summed E-state index contributed by atoms with van der Waals surface area (Å²) < 4.78 is 56.3. The van der Waals surface area contributed by atoms with Crippen LogP contribution >= 0.6 is 34.5 Å². The Morgan fingerprint density at radius 3 is 2.47 bits per heavy atom. The first kappa shape index (κ1) is 26.4. The van der Waals surface area contributed by atoms with Gasteiger partial charge in [0.1, 0.15) is 5.15 Å². The normalized spacial score (nSPS) is 13.0. The van der Waals surface area contributed by atoms with Crippen LogP contribution in [0.25, 0.3) is 0 Å². The summed E-state index contributed by atoms with van der Waals surface area (Å²) in [5, 5.41) is 4.02. The van der Waals surface area contributed by atoms with Gasteiger partial charge < -0.3 is 4.57 Å². The highest BCUT2D eigenvalue weighted by atomic mass is 35.5. The van der Waals surface area contributed by atoms with Crippen molar-refractivity contribution in [2.45, 2.75) is 36.6 Å². The summed E-state index contributed by atoms with van der Waals surface area (Å²) in [6.45, 7) is 3.81. The quantitative estimate of drug-likeness (QED) is 0.242. The molecular weight excluding hydrogens is 539 g/mol. The standard InChI is InChI=1S/C21H22Cl2N4O4S3/c1-15-9-10-16(2)19(13-15)34(30,31)26-24-14-18-20(23)27(12-6-11-22)21(32-18)25-33(28,29)17-7-4-3-5-8-17/h3-5,7-10,13-14,26H,6,11-12H2,1-2H3/b24-14+,25-21-. The van der Waals surface area contributed by atoms with Crippen LogP contribution in [0.5, 0.6) is 0 Å². The van der Waals surface area contributed by atoms with E-state index in [0.717, 1.165) is 16.9 Å². The van der Waals surface area contributed by atoms with Gasteiger partial charge in [0.2, 0.25) is 4.80 Å². The van der Waals surface area contributed by atoms with E-state index in [1.807, 2.05) is 6.07 Å². The number of hydrogen-bond acceptors (Lipinski definition) is 6. The van der Waals surface area contributed by atoms with Gasteiger partial charge in [-0.2, -0.15) is 21.9 Å². The minimum Gasteiger partial charge on any atom is -0.306 e. The van der Waals surface area contributed by atoms with Gasteiger partial charge in [0, 0.05) is 12.4 Å². The van der Waals surface area contributed by atoms with Crippen LogP contribution < -0.4 is 9.63 Å². The number of benzene rings is 2. The zero-order valence-corrected chi connectivity index (χ0v) is 22.2. The second kappa shape index (κ2) is 11.0. The summed E-state index contributed by atoms with van der Waals surface area (Å²) >= 11 is 13.2. The molecule has 0 unspecified atom stereocenters. The predicted molar refractivity (Wildman–Crippen MR) is 136 cm³/mol. The van der Waals surface area contributed by atoms with Gasteiger partial charge in [-0.3, -0.25) is 0 Å². The number of nitrogens with one attached hydrogen (secondary N) is 1. The highest BCUT2D eigenvalue weighted by Gasteiger charge is 2.18. The Hall–Kier alpha value is -2.18. The van der Waals surface area contributed by atoms with E-state index < -0.39 is 20.0 Å². The SMILES string of the molecule is Cc1ccc(C)c(S(=O)(=O)N/N=C/c2s/c(=N\S(=O)(=O)c3ccccc3)n(CCCCl)c2Cl)c1. The van der Waals surface area contributed by atoms with Crippen molar-refractivity contribution in [3.05, 3.63) is 74.5 Å². The van der Waals surface area contributed by atoms with Gasteiger partial charge in [0.15, 0.2) is 0 Å². The number of hydrazone groups is 1. The van der Waals surface area contributed by atoms with Crippen LogP contribution in [0.3, 0.4) is 0 Å². The molecule has 3 aromatic rings. The number of hydrogen-bond donors (Lipinski definition) is 1. The number of nitrogens with zero attached hydrogens (tertiary/aromatic N) is 3. The molecule has 13 heteroatoms. The van der Waals surface area contributed by atoms with Crippen LogP contribution in [0, 0.1) is 13.8 Å². The Bertz CT molecular complexity index is 1480. The summed E-state index contributed by atoms with van der Waals surface area (Å²) in [5.41, 5.74) is 1.37. The number of aromatic nitrogens is 1. The number of halogens is 2. The molecule has 3 rings (SSSR count). The minimum absolute atomic E-state index is 0.0416. The Labute approximate surface area is 212 Å². The van der Waals surface area contributed by atoms with E-state index in [9.17, 15) is 16.8 Å². The smallest absolute Gasteiger partial charge is 0.285 e. The Morgan fingerprint density at radius 2 is 1.79 bits per heavy atom. The highest BCUT2D eigenvalue weighted by Crippen LogP contribution is 2.20.